The van der Waals surface area contributed by atoms with E-state index in [0.717, 1.165) is 43.1 Å². The molecule has 10 radical (unpaired) electrons. The fraction of sp³-hybridized carbons (Fsp3) is 0.300. The number of benzene rings is 1. The summed E-state index contributed by atoms with van der Waals surface area (Å²) in [5, 5.41) is 8.49. The first-order valence-electron chi connectivity index (χ1n) is 12.5. The van der Waals surface area contributed by atoms with Crippen molar-refractivity contribution >= 4 is 5.91 Å². The Balaban J connectivity index is 0.000000369. The minimum Gasteiger partial charge on any atom is -0.396 e. The van der Waals surface area contributed by atoms with Crippen LogP contribution in [-0.2, 0) is 23.6 Å². The Labute approximate surface area is 232 Å². The number of aromatic nitrogens is 2. The van der Waals surface area contributed by atoms with Crippen molar-refractivity contribution in [2.75, 3.05) is 6.61 Å². The number of aryl methyl sites for hydroxylation is 2. The van der Waals surface area contributed by atoms with Crippen LogP contribution in [0, 0.1) is 70.1 Å². The summed E-state index contributed by atoms with van der Waals surface area (Å²) in [4.78, 5) is 37.7. The summed E-state index contributed by atoms with van der Waals surface area (Å²) in [7, 11) is 0. The monoisotopic (exact) mass is 542 g/mol. The molecule has 2 fully saturated rings. The topological polar surface area (TPSA) is 81.3 Å². The van der Waals surface area contributed by atoms with Gasteiger partial charge < -0.3 is 5.11 Å². The van der Waals surface area contributed by atoms with Gasteiger partial charge in [-0.25, -0.2) is 4.79 Å². The fourth-order valence-corrected chi connectivity index (χ4v) is 4.00. The van der Waals surface area contributed by atoms with Crippen LogP contribution in [0.25, 0.3) is 0 Å². The van der Waals surface area contributed by atoms with Crippen LogP contribution in [0.4, 0.5) is 0 Å². The normalized spacial score (nSPS) is 15.7. The largest absolute Gasteiger partial charge is 2.00 e. The molecular formula is C30H34FeN2O4+2. The van der Waals surface area contributed by atoms with Crippen LogP contribution in [0.1, 0.15) is 54.4 Å². The molecule has 2 aliphatic rings. The molecule has 0 unspecified atom stereocenters. The van der Waals surface area contributed by atoms with Crippen molar-refractivity contribution in [2.24, 2.45) is 0 Å². The van der Waals surface area contributed by atoms with Gasteiger partial charge in [0, 0.05) is 30.5 Å². The summed E-state index contributed by atoms with van der Waals surface area (Å²) in [5.74, 6) is 2.07. The van der Waals surface area contributed by atoms with E-state index in [2.05, 4.69) is 25.7 Å². The van der Waals surface area contributed by atoms with E-state index in [9.17, 15) is 14.4 Å². The van der Waals surface area contributed by atoms with Gasteiger partial charge >= 0.3 is 22.8 Å². The maximum Gasteiger partial charge on any atom is 2.00 e. The van der Waals surface area contributed by atoms with Crippen molar-refractivity contribution in [3.63, 3.8) is 0 Å². The van der Waals surface area contributed by atoms with Crippen LogP contribution in [0.5, 0.6) is 0 Å². The van der Waals surface area contributed by atoms with E-state index in [1.807, 2.05) is 25.7 Å². The van der Waals surface area contributed by atoms with Gasteiger partial charge in [-0.2, -0.15) is 4.57 Å². The third kappa shape index (κ3) is 9.70. The molecule has 6 nitrogen and oxygen atoms in total. The first-order chi connectivity index (χ1) is 17.5. The Morgan fingerprint density at radius 1 is 0.811 bits per heavy atom. The van der Waals surface area contributed by atoms with Gasteiger partial charge in [0.1, 0.15) is 0 Å². The van der Waals surface area contributed by atoms with Crippen LogP contribution < -0.4 is 11.2 Å². The van der Waals surface area contributed by atoms with Crippen LogP contribution in [0.15, 0.2) is 46.1 Å². The van der Waals surface area contributed by atoms with E-state index in [-0.39, 0.29) is 17.1 Å². The number of aliphatic hydroxyl groups is 1. The summed E-state index contributed by atoms with van der Waals surface area (Å²) in [6, 6.07) is 8.38. The van der Waals surface area contributed by atoms with Crippen LogP contribution >= 0.6 is 0 Å². The zero-order chi connectivity index (χ0) is 25.8. The second kappa shape index (κ2) is 16.8. The maximum absolute atomic E-state index is 12.7. The SMILES string of the molecule is Cc1cn(CCCC[C]2[CH][CH][CH][CH]2)c(=O)n(C(=O)c2ccccc2)c1=O.OCCCC[C]1[CH][CH][CH][CH]1.[Fe+2]. The summed E-state index contributed by atoms with van der Waals surface area (Å²) >= 11 is 0. The van der Waals surface area contributed by atoms with Gasteiger partial charge in [-0.1, -0.05) is 31.0 Å². The molecule has 4 rings (SSSR count). The zero-order valence-electron chi connectivity index (χ0n) is 21.2. The van der Waals surface area contributed by atoms with Gasteiger partial charge in [-0.15, -0.1) is 0 Å². The molecular weight excluding hydrogens is 508 g/mol. The summed E-state index contributed by atoms with van der Waals surface area (Å²) in [5.41, 5.74) is -0.440. The molecule has 0 amide bonds. The van der Waals surface area contributed by atoms with Gasteiger partial charge in [0.25, 0.3) is 11.5 Å². The molecule has 1 aromatic carbocycles. The third-order valence-corrected chi connectivity index (χ3v) is 6.00. The van der Waals surface area contributed by atoms with Gasteiger partial charge in [0.05, 0.1) is 0 Å². The molecule has 1 aromatic heterocycles. The Morgan fingerprint density at radius 2 is 1.35 bits per heavy atom. The number of carbonyl (C=O) groups is 1. The molecule has 1 N–H and O–H groups in total. The van der Waals surface area contributed by atoms with Crippen LogP contribution in [-0.4, -0.2) is 26.8 Å². The first kappa shape index (κ1) is 31.3. The first-order valence-corrected chi connectivity index (χ1v) is 12.5. The van der Waals surface area contributed by atoms with E-state index in [4.69, 9.17) is 5.11 Å². The molecule has 7 heteroatoms. The Kier molecular flexibility index (Phi) is 14.2. The Hall–Kier alpha value is -1.95. The smallest absolute Gasteiger partial charge is 0.396 e. The molecule has 2 saturated carbocycles. The predicted molar refractivity (Wildman–Crippen MR) is 142 cm³/mol. The van der Waals surface area contributed by atoms with E-state index in [1.165, 1.54) is 16.4 Å². The number of nitrogens with zero attached hydrogens (tertiary/aromatic N) is 2. The average Bonchev–Trinajstić information content (AvgIpc) is 3.61. The number of hydrogen-bond acceptors (Lipinski definition) is 4. The van der Waals surface area contributed by atoms with E-state index < -0.39 is 17.2 Å². The quantitative estimate of drug-likeness (QED) is 0.362. The zero-order valence-corrected chi connectivity index (χ0v) is 22.3. The standard InChI is InChI=1S/C21H21N2O3.C9H13O.Fe/c1-16-15-22(14-8-7-11-17-9-5-6-10-17)21(26)23(19(16)24)20(25)18-12-3-2-4-13-18;10-8-4-3-7-9-5-1-2-6-9;/h2-6,9-10,12-13,15H,7-8,11,14H2,1H3;1-2,5-6,10H,3-4,7-8H2;/q;;+2. The molecule has 0 aliphatic heterocycles. The average molecular weight is 542 g/mol. The molecule has 2 aliphatic carbocycles. The van der Waals surface area contributed by atoms with Crippen molar-refractivity contribution in [1.29, 1.82) is 0 Å². The van der Waals surface area contributed by atoms with E-state index in [0.29, 0.717) is 24.3 Å². The van der Waals surface area contributed by atoms with Crippen molar-refractivity contribution in [3.8, 4) is 0 Å². The number of unbranched alkanes of at least 4 members (excludes halogenated alkanes) is 2. The molecule has 0 spiro atoms. The van der Waals surface area contributed by atoms with Gasteiger partial charge in [0.15, 0.2) is 0 Å². The summed E-state index contributed by atoms with van der Waals surface area (Å²) in [6.07, 6.45) is 23.9. The third-order valence-electron chi connectivity index (χ3n) is 6.00. The second-order valence-electron chi connectivity index (χ2n) is 8.82. The van der Waals surface area contributed by atoms with Crippen LogP contribution in [0.2, 0.25) is 0 Å². The Bertz CT molecular complexity index is 1050. The van der Waals surface area contributed by atoms with Crippen molar-refractivity contribution in [3.05, 3.63) is 132 Å². The molecule has 0 atom stereocenters. The summed E-state index contributed by atoms with van der Waals surface area (Å²) in [6.45, 7) is 2.42. The molecule has 194 valence electrons. The molecule has 1 heterocycles. The number of hydrogen-bond donors (Lipinski definition) is 1. The van der Waals surface area contributed by atoms with E-state index >= 15 is 0 Å². The maximum atomic E-state index is 12.7. The number of rotatable bonds is 10. The van der Waals surface area contributed by atoms with Crippen molar-refractivity contribution < 1.29 is 27.0 Å². The number of aliphatic hydroxyl groups excluding tert-OH is 1. The number of carbonyl (C=O) groups excluding carboxylic acids is 1. The van der Waals surface area contributed by atoms with Gasteiger partial charge in [-0.05, 0) is 108 Å². The minimum absolute atomic E-state index is 0. The van der Waals surface area contributed by atoms with Crippen molar-refractivity contribution in [2.45, 2.75) is 52.0 Å². The Morgan fingerprint density at radius 3 is 1.89 bits per heavy atom. The minimum atomic E-state index is -0.588. The molecule has 2 aromatic rings. The fourth-order valence-electron chi connectivity index (χ4n) is 4.00. The summed E-state index contributed by atoms with van der Waals surface area (Å²) < 4.78 is 2.20. The van der Waals surface area contributed by atoms with Gasteiger partial charge in [0.2, 0.25) is 0 Å². The predicted octanol–water partition coefficient (Wildman–Crippen LogP) is 4.13. The van der Waals surface area contributed by atoms with Gasteiger partial charge in [-0.3, -0.25) is 14.2 Å². The second-order valence-corrected chi connectivity index (χ2v) is 8.82. The van der Waals surface area contributed by atoms with Crippen molar-refractivity contribution in [1.82, 2.24) is 9.13 Å². The van der Waals surface area contributed by atoms with Crippen LogP contribution in [0.3, 0.4) is 0 Å². The molecule has 0 bridgehead atoms. The molecule has 37 heavy (non-hydrogen) atoms. The van der Waals surface area contributed by atoms with E-state index in [1.54, 1.807) is 43.5 Å². The molecule has 0 saturated heterocycles.